The molecule has 0 spiro atoms. The van der Waals surface area contributed by atoms with E-state index in [1.807, 2.05) is 36.4 Å². The molecule has 106 valence electrons. The summed E-state index contributed by atoms with van der Waals surface area (Å²) < 4.78 is 5.95. The smallest absolute Gasteiger partial charge is 0.127 e. The standard InChI is InChI=1S/C16H15N3O2/c20-18-17-19-14-8-7-12(9-15(14)19)13-3-1-2-4-16(13)21-10-11-5-6-11/h1-4,7-9,11H,5-6,10H2,(H,17,20). The molecular formula is C16H15N3O2. The van der Waals surface area contributed by atoms with Gasteiger partial charge in [0.1, 0.15) is 5.75 Å². The number of hydrogen-bond donors (Lipinski definition) is 1. The Morgan fingerprint density at radius 1 is 1.19 bits per heavy atom. The van der Waals surface area contributed by atoms with Crippen LogP contribution < -0.4 is 15.3 Å². The van der Waals surface area contributed by atoms with Crippen molar-refractivity contribution in [2.24, 2.45) is 11.2 Å². The molecule has 0 unspecified atom stereocenters. The maximum absolute atomic E-state index is 10.3. The van der Waals surface area contributed by atoms with Crippen LogP contribution in [0.3, 0.4) is 0 Å². The minimum Gasteiger partial charge on any atom is -0.493 e. The van der Waals surface area contributed by atoms with Crippen LogP contribution in [0.5, 0.6) is 5.75 Å². The van der Waals surface area contributed by atoms with E-state index >= 15 is 0 Å². The Labute approximate surface area is 122 Å². The highest BCUT2D eigenvalue weighted by Crippen LogP contribution is 2.48. The first kappa shape index (κ1) is 12.2. The van der Waals surface area contributed by atoms with Crippen molar-refractivity contribution in [1.82, 2.24) is 5.53 Å². The summed E-state index contributed by atoms with van der Waals surface area (Å²) in [4.78, 5) is 10.3. The van der Waals surface area contributed by atoms with E-state index in [2.05, 4.69) is 16.9 Å². The molecule has 0 bridgehead atoms. The van der Waals surface area contributed by atoms with Gasteiger partial charge < -0.3 is 4.74 Å². The first-order chi connectivity index (χ1) is 10.4. The van der Waals surface area contributed by atoms with Crippen molar-refractivity contribution >= 4 is 11.4 Å². The van der Waals surface area contributed by atoms with E-state index in [1.165, 1.54) is 12.8 Å². The Balaban J connectivity index is 1.60. The number of nitroso groups, excluding NO2 is 1. The molecule has 2 aromatic carbocycles. The highest BCUT2D eigenvalue weighted by molar-refractivity contribution is 5.95. The Hall–Kier alpha value is -2.56. The summed E-state index contributed by atoms with van der Waals surface area (Å²) in [6.45, 7) is 0.796. The maximum Gasteiger partial charge on any atom is 0.127 e. The normalized spacial score (nSPS) is 15.3. The summed E-state index contributed by atoms with van der Waals surface area (Å²) in [6.07, 6.45) is 2.56. The van der Waals surface area contributed by atoms with Gasteiger partial charge in [-0.25, -0.2) is 5.01 Å². The molecular weight excluding hydrogens is 266 g/mol. The summed E-state index contributed by atoms with van der Waals surface area (Å²) in [6, 6.07) is 14.1. The number of nitrogens with one attached hydrogen (secondary N) is 1. The second kappa shape index (κ2) is 4.77. The Bertz CT molecular complexity index is 698. The van der Waals surface area contributed by atoms with Crippen LogP contribution in [0.4, 0.5) is 11.4 Å². The van der Waals surface area contributed by atoms with Crippen molar-refractivity contribution in [3.8, 4) is 16.9 Å². The lowest BCUT2D eigenvalue weighted by Crippen LogP contribution is -2.14. The van der Waals surface area contributed by atoms with Crippen molar-refractivity contribution in [3.63, 3.8) is 0 Å². The van der Waals surface area contributed by atoms with E-state index < -0.39 is 0 Å². The molecule has 0 amide bonds. The number of hydrogen-bond acceptors (Lipinski definition) is 4. The first-order valence-corrected chi connectivity index (χ1v) is 7.11. The number of benzene rings is 2. The van der Waals surface area contributed by atoms with Crippen LogP contribution in [-0.2, 0) is 0 Å². The quantitative estimate of drug-likeness (QED) is 0.497. The largest absolute Gasteiger partial charge is 0.493 e. The lowest BCUT2D eigenvalue weighted by molar-refractivity contribution is 0.301. The van der Waals surface area contributed by atoms with Crippen LogP contribution in [0.25, 0.3) is 11.1 Å². The number of nitrogens with zero attached hydrogens (tertiary/aromatic N) is 2. The molecule has 0 atom stereocenters. The van der Waals surface area contributed by atoms with Crippen LogP contribution >= 0.6 is 0 Å². The predicted molar refractivity (Wildman–Crippen MR) is 81.2 cm³/mol. The zero-order valence-electron chi connectivity index (χ0n) is 11.5. The third-order valence-electron chi connectivity index (χ3n) is 3.92. The van der Waals surface area contributed by atoms with Gasteiger partial charge in [-0.15, -0.1) is 4.91 Å². The maximum atomic E-state index is 10.3. The van der Waals surface area contributed by atoms with Gasteiger partial charge in [0, 0.05) is 5.56 Å². The fourth-order valence-corrected chi connectivity index (χ4v) is 2.49. The fourth-order valence-electron chi connectivity index (χ4n) is 2.49. The number of rotatable bonds is 6. The summed E-state index contributed by atoms with van der Waals surface area (Å²) in [5, 5.41) is 4.35. The molecule has 0 aromatic heterocycles. The topological polar surface area (TPSA) is 53.7 Å². The molecule has 1 aliphatic heterocycles. The van der Waals surface area contributed by atoms with E-state index in [9.17, 15) is 4.91 Å². The molecule has 1 heterocycles. The molecule has 5 nitrogen and oxygen atoms in total. The molecule has 1 fully saturated rings. The minimum absolute atomic E-state index is 0.727. The zero-order valence-corrected chi connectivity index (χ0v) is 11.5. The summed E-state index contributed by atoms with van der Waals surface area (Å²) >= 11 is 0. The van der Waals surface area contributed by atoms with Crippen LogP contribution in [0.2, 0.25) is 0 Å². The molecule has 0 saturated heterocycles. The third-order valence-corrected chi connectivity index (χ3v) is 3.92. The summed E-state index contributed by atoms with van der Waals surface area (Å²) in [7, 11) is 0. The van der Waals surface area contributed by atoms with Crippen molar-refractivity contribution in [2.45, 2.75) is 12.8 Å². The van der Waals surface area contributed by atoms with Gasteiger partial charge in [0.2, 0.25) is 0 Å². The van der Waals surface area contributed by atoms with Gasteiger partial charge in [0.25, 0.3) is 0 Å². The minimum atomic E-state index is 0.727. The molecule has 1 N–H and O–H groups in total. The van der Waals surface area contributed by atoms with Crippen molar-refractivity contribution in [2.75, 3.05) is 11.6 Å². The Morgan fingerprint density at radius 2 is 2.05 bits per heavy atom. The van der Waals surface area contributed by atoms with Gasteiger partial charge in [-0.1, -0.05) is 24.3 Å². The first-order valence-electron chi connectivity index (χ1n) is 7.11. The van der Waals surface area contributed by atoms with Gasteiger partial charge in [-0.2, -0.15) is 5.53 Å². The molecule has 5 heteroatoms. The van der Waals surface area contributed by atoms with Crippen LogP contribution in [0.15, 0.2) is 47.8 Å². The van der Waals surface area contributed by atoms with Gasteiger partial charge >= 0.3 is 0 Å². The van der Waals surface area contributed by atoms with Crippen LogP contribution in [0, 0.1) is 10.8 Å². The number of hydrazine groups is 1. The number of anilines is 2. The van der Waals surface area contributed by atoms with E-state index in [-0.39, 0.29) is 0 Å². The van der Waals surface area contributed by atoms with Crippen molar-refractivity contribution < 1.29 is 4.74 Å². The fraction of sp³-hybridized carbons (Fsp3) is 0.250. The molecule has 2 aliphatic rings. The van der Waals surface area contributed by atoms with Crippen molar-refractivity contribution in [1.29, 1.82) is 0 Å². The van der Waals surface area contributed by atoms with E-state index in [4.69, 9.17) is 4.74 Å². The lowest BCUT2D eigenvalue weighted by atomic mass is 10.1. The zero-order chi connectivity index (χ0) is 14.2. The number of para-hydroxylation sites is 1. The molecule has 21 heavy (non-hydrogen) atoms. The molecule has 1 aliphatic carbocycles. The van der Waals surface area contributed by atoms with Crippen LogP contribution in [0.1, 0.15) is 12.8 Å². The van der Waals surface area contributed by atoms with Crippen LogP contribution in [-0.4, -0.2) is 6.61 Å². The van der Waals surface area contributed by atoms with Gasteiger partial charge in [0.15, 0.2) is 0 Å². The second-order valence-corrected chi connectivity index (χ2v) is 5.48. The third kappa shape index (κ3) is 2.31. The lowest BCUT2D eigenvalue weighted by Gasteiger charge is -2.10. The second-order valence-electron chi connectivity index (χ2n) is 5.48. The Kier molecular flexibility index (Phi) is 2.77. The number of ether oxygens (including phenoxy) is 1. The Morgan fingerprint density at radius 3 is 2.86 bits per heavy atom. The van der Waals surface area contributed by atoms with Gasteiger partial charge in [-0.3, -0.25) is 0 Å². The predicted octanol–water partition coefficient (Wildman–Crippen LogP) is 3.78. The SMILES string of the molecule is O=NNN1c2ccc(-c3ccccc3OCC3CC3)cc21. The average molecular weight is 281 g/mol. The van der Waals surface area contributed by atoms with E-state index in [0.717, 1.165) is 40.8 Å². The molecule has 4 rings (SSSR count). The highest BCUT2D eigenvalue weighted by atomic mass is 16.5. The molecule has 1 saturated carbocycles. The van der Waals surface area contributed by atoms with E-state index in [0.29, 0.717) is 0 Å². The van der Waals surface area contributed by atoms with E-state index in [1.54, 1.807) is 5.01 Å². The summed E-state index contributed by atoms with van der Waals surface area (Å²) in [5.41, 5.74) is 6.51. The van der Waals surface area contributed by atoms with Crippen molar-refractivity contribution in [3.05, 3.63) is 47.4 Å². The molecule has 0 radical (unpaired) electrons. The highest BCUT2D eigenvalue weighted by Gasteiger charge is 2.30. The number of fused-ring (bicyclic) bond motifs is 1. The molecule has 2 aromatic rings. The summed E-state index contributed by atoms with van der Waals surface area (Å²) in [5.74, 6) is 1.64. The van der Waals surface area contributed by atoms with Gasteiger partial charge in [0.05, 0.1) is 23.3 Å². The monoisotopic (exact) mass is 281 g/mol. The van der Waals surface area contributed by atoms with Gasteiger partial charge in [-0.05, 0) is 42.5 Å². The average Bonchev–Trinajstić information content (AvgIpc) is 3.43.